The Morgan fingerprint density at radius 1 is 0.840 bits per heavy atom. The molecule has 0 aliphatic carbocycles. The van der Waals surface area contributed by atoms with Crippen molar-refractivity contribution in [2.75, 3.05) is 10.6 Å². The molecule has 0 saturated carbocycles. The molecule has 3 rings (SSSR count). The van der Waals surface area contributed by atoms with E-state index in [1.807, 2.05) is 37.3 Å². The smallest absolute Gasteiger partial charge is 0.136 e. The predicted molar refractivity (Wildman–Crippen MR) is 100 cm³/mol. The molecule has 3 aromatic rings. The minimum atomic E-state index is 0.572. The largest absolute Gasteiger partial charge is 0.340 e. The van der Waals surface area contributed by atoms with Crippen molar-refractivity contribution < 1.29 is 0 Å². The number of hydrogen-bond donors (Lipinski definition) is 2. The molecule has 0 atom stereocenters. The average molecular weight is 329 g/mol. The van der Waals surface area contributed by atoms with Gasteiger partial charge in [-0.15, -0.1) is 0 Å². The van der Waals surface area contributed by atoms with E-state index in [0.717, 1.165) is 16.9 Å². The molecule has 25 heavy (non-hydrogen) atoms. The molecule has 2 N–H and O–H groups in total. The molecule has 124 valence electrons. The molecule has 0 saturated heterocycles. The van der Waals surface area contributed by atoms with Crippen LogP contribution in [-0.2, 0) is 0 Å². The first-order valence-corrected chi connectivity index (χ1v) is 8.01. The fourth-order valence-corrected chi connectivity index (χ4v) is 2.62. The Balaban J connectivity index is 1.89. The number of nitriles is 1. The van der Waals surface area contributed by atoms with Crippen molar-refractivity contribution in [3.05, 3.63) is 71.0 Å². The molecular weight excluding hydrogens is 310 g/mol. The number of para-hydroxylation sites is 1. The van der Waals surface area contributed by atoms with Crippen LogP contribution in [0.25, 0.3) is 0 Å². The summed E-state index contributed by atoms with van der Waals surface area (Å²) in [4.78, 5) is 8.86. The van der Waals surface area contributed by atoms with Gasteiger partial charge in [0.05, 0.1) is 11.3 Å². The van der Waals surface area contributed by atoms with Crippen molar-refractivity contribution in [3.63, 3.8) is 0 Å². The molecule has 1 aromatic heterocycles. The number of nitrogens with one attached hydrogen (secondary N) is 2. The second-order valence-electron chi connectivity index (χ2n) is 5.91. The highest BCUT2D eigenvalue weighted by atomic mass is 15.1. The Kier molecular flexibility index (Phi) is 4.62. The highest BCUT2D eigenvalue weighted by Crippen LogP contribution is 2.24. The van der Waals surface area contributed by atoms with E-state index in [9.17, 15) is 5.26 Å². The molecule has 0 fully saturated rings. The van der Waals surface area contributed by atoms with Gasteiger partial charge < -0.3 is 10.6 Å². The molecule has 2 aromatic carbocycles. The zero-order valence-corrected chi connectivity index (χ0v) is 14.5. The molecular formula is C20H19N5. The number of nitrogens with zero attached hydrogens (tertiary/aromatic N) is 3. The van der Waals surface area contributed by atoms with Crippen LogP contribution in [0.15, 0.2) is 48.5 Å². The highest BCUT2D eigenvalue weighted by molar-refractivity contribution is 5.68. The number of benzene rings is 2. The van der Waals surface area contributed by atoms with Gasteiger partial charge in [0.1, 0.15) is 23.5 Å². The number of rotatable bonds is 4. The van der Waals surface area contributed by atoms with Crippen LogP contribution in [0.5, 0.6) is 0 Å². The summed E-state index contributed by atoms with van der Waals surface area (Å²) in [6, 6.07) is 17.6. The number of aryl methyl sites for hydroxylation is 3. The standard InChI is InChI=1S/C20H19N5/c1-13-8-9-17(14(2)10-13)24-19-11-20(23-15(3)22-19)25-18-7-5-4-6-16(18)12-21/h4-11H,1-3H3,(H2,22,23,24,25). The molecule has 0 aliphatic rings. The van der Waals surface area contributed by atoms with Crippen molar-refractivity contribution in [3.8, 4) is 6.07 Å². The van der Waals surface area contributed by atoms with Crippen molar-refractivity contribution in [1.29, 1.82) is 5.26 Å². The van der Waals surface area contributed by atoms with Gasteiger partial charge in [-0.05, 0) is 44.5 Å². The third-order valence-corrected chi connectivity index (χ3v) is 3.79. The summed E-state index contributed by atoms with van der Waals surface area (Å²) in [5.74, 6) is 1.99. The molecule has 0 radical (unpaired) electrons. The lowest BCUT2D eigenvalue weighted by molar-refractivity contribution is 1.06. The molecule has 0 aliphatic heterocycles. The van der Waals surface area contributed by atoms with Crippen LogP contribution in [0.2, 0.25) is 0 Å². The summed E-state index contributed by atoms with van der Waals surface area (Å²) in [5, 5.41) is 15.8. The Hall–Kier alpha value is -3.39. The molecule has 1 heterocycles. The van der Waals surface area contributed by atoms with Crippen molar-refractivity contribution >= 4 is 23.0 Å². The Labute approximate surface area is 147 Å². The maximum absolute atomic E-state index is 9.22. The minimum absolute atomic E-state index is 0.572. The second-order valence-corrected chi connectivity index (χ2v) is 5.91. The fourth-order valence-electron chi connectivity index (χ4n) is 2.62. The van der Waals surface area contributed by atoms with Crippen LogP contribution in [0.3, 0.4) is 0 Å². The van der Waals surface area contributed by atoms with Gasteiger partial charge in [0.25, 0.3) is 0 Å². The van der Waals surface area contributed by atoms with Crippen LogP contribution in [-0.4, -0.2) is 9.97 Å². The van der Waals surface area contributed by atoms with Crippen molar-refractivity contribution in [1.82, 2.24) is 9.97 Å². The van der Waals surface area contributed by atoms with Crippen LogP contribution in [0.4, 0.5) is 23.0 Å². The van der Waals surface area contributed by atoms with E-state index in [1.54, 1.807) is 6.07 Å². The van der Waals surface area contributed by atoms with E-state index >= 15 is 0 Å². The molecule has 5 heteroatoms. The SMILES string of the molecule is Cc1ccc(Nc2cc(Nc3ccccc3C#N)nc(C)n2)c(C)c1. The zero-order valence-electron chi connectivity index (χ0n) is 14.5. The first kappa shape index (κ1) is 16.5. The number of hydrogen-bond acceptors (Lipinski definition) is 5. The van der Waals surface area contributed by atoms with Gasteiger partial charge in [-0.1, -0.05) is 29.8 Å². The Morgan fingerprint density at radius 2 is 1.52 bits per heavy atom. The summed E-state index contributed by atoms with van der Waals surface area (Å²) in [5.41, 5.74) is 4.67. The number of anilines is 4. The highest BCUT2D eigenvalue weighted by Gasteiger charge is 2.07. The first-order chi connectivity index (χ1) is 12.0. The molecule has 0 spiro atoms. The van der Waals surface area contributed by atoms with Gasteiger partial charge in [-0.3, -0.25) is 0 Å². The van der Waals surface area contributed by atoms with Gasteiger partial charge in [-0.25, -0.2) is 9.97 Å². The zero-order chi connectivity index (χ0) is 17.8. The van der Waals surface area contributed by atoms with Gasteiger partial charge in [-0.2, -0.15) is 5.26 Å². The first-order valence-electron chi connectivity index (χ1n) is 8.01. The molecule has 0 unspecified atom stereocenters. The van der Waals surface area contributed by atoms with E-state index in [4.69, 9.17) is 0 Å². The van der Waals surface area contributed by atoms with Crippen LogP contribution in [0.1, 0.15) is 22.5 Å². The summed E-state index contributed by atoms with van der Waals surface area (Å²) < 4.78 is 0. The monoisotopic (exact) mass is 329 g/mol. The van der Waals surface area contributed by atoms with Gasteiger partial charge in [0, 0.05) is 11.8 Å². The average Bonchev–Trinajstić information content (AvgIpc) is 2.57. The lowest BCUT2D eigenvalue weighted by Crippen LogP contribution is -2.03. The van der Waals surface area contributed by atoms with Gasteiger partial charge in [0.15, 0.2) is 0 Å². The van der Waals surface area contributed by atoms with E-state index in [-0.39, 0.29) is 0 Å². The molecule has 5 nitrogen and oxygen atoms in total. The fraction of sp³-hybridized carbons (Fsp3) is 0.150. The van der Waals surface area contributed by atoms with E-state index in [0.29, 0.717) is 23.0 Å². The van der Waals surface area contributed by atoms with E-state index in [2.05, 4.69) is 52.7 Å². The third-order valence-electron chi connectivity index (χ3n) is 3.79. The maximum Gasteiger partial charge on any atom is 0.136 e. The summed E-state index contributed by atoms with van der Waals surface area (Å²) in [6.07, 6.45) is 0. The second kappa shape index (κ2) is 7.02. The Bertz CT molecular complexity index is 957. The predicted octanol–water partition coefficient (Wildman–Crippen LogP) is 4.76. The van der Waals surface area contributed by atoms with Crippen molar-refractivity contribution in [2.24, 2.45) is 0 Å². The lowest BCUT2D eigenvalue weighted by Gasteiger charge is -2.12. The maximum atomic E-state index is 9.22. The topological polar surface area (TPSA) is 73.6 Å². The summed E-state index contributed by atoms with van der Waals surface area (Å²) >= 11 is 0. The normalized spacial score (nSPS) is 10.2. The van der Waals surface area contributed by atoms with Crippen LogP contribution < -0.4 is 10.6 Å². The number of aromatic nitrogens is 2. The summed E-state index contributed by atoms with van der Waals surface area (Å²) in [6.45, 7) is 5.97. The molecule has 0 bridgehead atoms. The third kappa shape index (κ3) is 3.93. The van der Waals surface area contributed by atoms with Crippen LogP contribution in [0, 0.1) is 32.1 Å². The minimum Gasteiger partial charge on any atom is -0.340 e. The van der Waals surface area contributed by atoms with E-state index < -0.39 is 0 Å². The Morgan fingerprint density at radius 3 is 2.20 bits per heavy atom. The molecule has 0 amide bonds. The quantitative estimate of drug-likeness (QED) is 0.722. The van der Waals surface area contributed by atoms with Gasteiger partial charge in [0.2, 0.25) is 0 Å². The summed E-state index contributed by atoms with van der Waals surface area (Å²) in [7, 11) is 0. The van der Waals surface area contributed by atoms with E-state index in [1.165, 1.54) is 5.56 Å². The van der Waals surface area contributed by atoms with Gasteiger partial charge >= 0.3 is 0 Å². The van der Waals surface area contributed by atoms with Crippen LogP contribution >= 0.6 is 0 Å². The van der Waals surface area contributed by atoms with Crippen molar-refractivity contribution in [2.45, 2.75) is 20.8 Å². The lowest BCUT2D eigenvalue weighted by atomic mass is 10.1.